The Labute approximate surface area is 286 Å². The molecule has 1 aliphatic heterocycles. The fourth-order valence-electron chi connectivity index (χ4n) is 5.43. The molecule has 6 rings (SSSR count). The maximum atomic E-state index is 12.0. The number of thioether (sulfide) groups is 1. The van der Waals surface area contributed by atoms with Crippen LogP contribution in [-0.4, -0.2) is 38.2 Å². The third kappa shape index (κ3) is 7.09. The maximum absolute atomic E-state index is 12.0. The van der Waals surface area contributed by atoms with Crippen molar-refractivity contribution >= 4 is 86.9 Å². The van der Waals surface area contributed by atoms with Crippen molar-refractivity contribution in [2.45, 2.75) is 30.5 Å². The molecule has 0 N–H and O–H groups in total. The van der Waals surface area contributed by atoms with Gasteiger partial charge in [-0.15, -0.1) is 0 Å². The van der Waals surface area contributed by atoms with Crippen molar-refractivity contribution in [1.82, 2.24) is 0 Å². The van der Waals surface area contributed by atoms with Crippen molar-refractivity contribution in [3.8, 4) is 0 Å². The number of nitrogens with zero attached hydrogens (tertiary/aromatic N) is 2. The number of hydrogen-bond acceptors (Lipinski definition) is 9. The molecule has 0 aliphatic carbocycles. The van der Waals surface area contributed by atoms with Gasteiger partial charge in [-0.1, -0.05) is 84.6 Å². The van der Waals surface area contributed by atoms with Gasteiger partial charge in [0.25, 0.3) is 5.01 Å². The Kier molecular flexibility index (Phi) is 9.96. The molecule has 0 radical (unpaired) electrons. The summed E-state index contributed by atoms with van der Waals surface area (Å²) in [6.45, 7) is 2.33. The van der Waals surface area contributed by atoms with E-state index in [-0.39, 0.29) is 36.0 Å². The van der Waals surface area contributed by atoms with E-state index in [2.05, 4.69) is 11.0 Å². The first-order valence-corrected chi connectivity index (χ1v) is 18.4. The molecule has 8 nitrogen and oxygen atoms in total. The van der Waals surface area contributed by atoms with Crippen molar-refractivity contribution < 1.29 is 60.1 Å². The molecule has 0 atom stereocenters. The van der Waals surface area contributed by atoms with Gasteiger partial charge in [-0.2, -0.15) is 4.57 Å². The zero-order valence-electron chi connectivity index (χ0n) is 24.1. The van der Waals surface area contributed by atoms with E-state index in [1.54, 1.807) is 16.3 Å². The van der Waals surface area contributed by atoms with Gasteiger partial charge in [-0.05, 0) is 53.5 Å². The first-order valence-electron chi connectivity index (χ1n) is 13.6. The van der Waals surface area contributed by atoms with Crippen LogP contribution in [0.1, 0.15) is 24.8 Å². The average molecular weight is 675 g/mol. The number of benzene rings is 4. The minimum Gasteiger partial charge on any atom is -0.748 e. The van der Waals surface area contributed by atoms with Crippen LogP contribution in [0.5, 0.6) is 0 Å². The number of thiazole rings is 1. The number of allylic oxidation sites excluding steroid dienone is 2. The van der Waals surface area contributed by atoms with E-state index in [1.807, 2.05) is 85.8 Å². The zero-order valence-corrected chi connectivity index (χ0v) is 29.4. The van der Waals surface area contributed by atoms with E-state index < -0.39 is 31.9 Å². The third-order valence-corrected chi connectivity index (χ3v) is 10.9. The smallest absolute Gasteiger partial charge is 0.748 e. The van der Waals surface area contributed by atoms with E-state index in [0.717, 1.165) is 47.4 Å². The van der Waals surface area contributed by atoms with Crippen LogP contribution >= 0.6 is 23.1 Å². The standard InChI is InChI=1S/C31H28N2O6S4.Na/c1-2-21(19-29-33(20-43(37,38)39)31-25-11-6-4-9-23(25)13-15-27(31)41-29)18-28-32(16-7-17-42(34,35)36)30-24-10-5-3-8-22(24)12-14-26(30)40-28;/h3-6,8-15,18-19H,2,7,16-17,20H2,1H3,(H-,34,35,36,37,38,39);/q;+1/p-1. The second-order valence-electron chi connectivity index (χ2n) is 10.2. The van der Waals surface area contributed by atoms with E-state index in [1.165, 1.54) is 11.3 Å². The molecule has 0 unspecified atom stereocenters. The Morgan fingerprint density at radius 1 is 0.886 bits per heavy atom. The predicted octanol–water partition coefficient (Wildman–Crippen LogP) is 3.18. The van der Waals surface area contributed by atoms with Crippen molar-refractivity contribution in [3.05, 3.63) is 94.5 Å². The van der Waals surface area contributed by atoms with Gasteiger partial charge in [0, 0.05) is 28.7 Å². The first-order chi connectivity index (χ1) is 20.5. The van der Waals surface area contributed by atoms with Gasteiger partial charge in [-0.3, -0.25) is 0 Å². The summed E-state index contributed by atoms with van der Waals surface area (Å²) in [4.78, 5) is 3.08. The maximum Gasteiger partial charge on any atom is 1.00 e. The number of rotatable bonds is 9. The number of hydrogen-bond donors (Lipinski definition) is 0. The van der Waals surface area contributed by atoms with Crippen LogP contribution < -0.4 is 39.0 Å². The predicted molar refractivity (Wildman–Crippen MR) is 172 cm³/mol. The fraction of sp³-hybridized carbons (Fsp3) is 0.194. The van der Waals surface area contributed by atoms with Crippen LogP contribution in [0, 0.1) is 0 Å². The van der Waals surface area contributed by atoms with Crippen molar-refractivity contribution in [2.75, 3.05) is 17.2 Å². The van der Waals surface area contributed by atoms with Gasteiger partial charge >= 0.3 is 29.6 Å². The molecule has 44 heavy (non-hydrogen) atoms. The van der Waals surface area contributed by atoms with Crippen LogP contribution in [0.2, 0.25) is 0 Å². The van der Waals surface area contributed by atoms with Crippen LogP contribution in [0.25, 0.3) is 37.8 Å². The molecule has 1 aliphatic rings. The summed E-state index contributed by atoms with van der Waals surface area (Å²) in [6, 6.07) is 23.7. The average Bonchev–Trinajstić information content (AvgIpc) is 3.48. The molecule has 0 bridgehead atoms. The molecule has 1 aromatic heterocycles. The summed E-state index contributed by atoms with van der Waals surface area (Å²) >= 11 is 2.98. The number of aromatic nitrogens is 1. The normalized spacial score (nSPS) is 14.9. The first kappa shape index (κ1) is 33.1. The molecule has 0 amide bonds. The molecule has 13 heteroatoms. The zero-order chi connectivity index (χ0) is 30.4. The third-order valence-electron chi connectivity index (χ3n) is 7.32. The Hall–Kier alpha value is -2.26. The van der Waals surface area contributed by atoms with Crippen molar-refractivity contribution in [2.24, 2.45) is 0 Å². The molecule has 5 aromatic rings. The fourth-order valence-corrected chi connectivity index (χ4v) is 8.92. The van der Waals surface area contributed by atoms with E-state index >= 15 is 0 Å². The SMILES string of the molecule is CCC(=C/c1sc2ccc3ccccc3c2[n+]1CS(=O)(=O)[O-])/C=C1/Sc2ccc3ccccc3c2N1CCCS(=O)(=O)[O-].[Na+]. The van der Waals surface area contributed by atoms with Gasteiger partial charge in [0.1, 0.15) is 4.70 Å². The van der Waals surface area contributed by atoms with Gasteiger partial charge in [-0.25, -0.2) is 16.8 Å². The van der Waals surface area contributed by atoms with Gasteiger partial charge < -0.3 is 14.0 Å². The van der Waals surface area contributed by atoms with Gasteiger partial charge in [0.2, 0.25) is 11.4 Å². The molecular formula is C31H27N2NaO6S4. The monoisotopic (exact) mass is 674 g/mol. The minimum absolute atomic E-state index is 0. The summed E-state index contributed by atoms with van der Waals surface area (Å²) in [5.41, 5.74) is 2.56. The van der Waals surface area contributed by atoms with Crippen LogP contribution in [0.3, 0.4) is 0 Å². The van der Waals surface area contributed by atoms with E-state index in [4.69, 9.17) is 0 Å². The summed E-state index contributed by atoms with van der Waals surface area (Å²) < 4.78 is 72.7. The molecule has 0 fully saturated rings. The summed E-state index contributed by atoms with van der Waals surface area (Å²) in [7, 11) is -8.96. The summed E-state index contributed by atoms with van der Waals surface area (Å²) in [5, 5.41) is 5.39. The molecule has 0 saturated heterocycles. The largest absolute Gasteiger partial charge is 1.00 e. The summed E-state index contributed by atoms with van der Waals surface area (Å²) in [5.74, 6) is -1.15. The quantitative estimate of drug-likeness (QED) is 0.133. The Balaban J connectivity index is 0.00000384. The van der Waals surface area contributed by atoms with Crippen LogP contribution in [0.4, 0.5) is 5.69 Å². The Morgan fingerprint density at radius 2 is 1.55 bits per heavy atom. The second-order valence-corrected chi connectivity index (χ2v) is 15.3. The molecule has 4 aromatic carbocycles. The molecular weight excluding hydrogens is 648 g/mol. The minimum atomic E-state index is -4.59. The molecule has 0 saturated carbocycles. The molecule has 0 spiro atoms. The summed E-state index contributed by atoms with van der Waals surface area (Å²) in [6.07, 6.45) is 4.72. The van der Waals surface area contributed by atoms with Crippen LogP contribution in [-0.2, 0) is 26.1 Å². The van der Waals surface area contributed by atoms with Crippen molar-refractivity contribution in [3.63, 3.8) is 0 Å². The van der Waals surface area contributed by atoms with E-state index in [9.17, 15) is 25.9 Å². The van der Waals surface area contributed by atoms with Crippen molar-refractivity contribution in [1.29, 1.82) is 0 Å². The van der Waals surface area contributed by atoms with Crippen LogP contribution in [0.15, 0.2) is 94.4 Å². The van der Waals surface area contributed by atoms with Gasteiger partial charge in [0.15, 0.2) is 10.1 Å². The number of fused-ring (bicyclic) bond motifs is 6. The number of anilines is 1. The van der Waals surface area contributed by atoms with E-state index in [0.29, 0.717) is 23.5 Å². The van der Waals surface area contributed by atoms with Gasteiger partial charge in [0.05, 0.1) is 26.2 Å². The topological polar surface area (TPSA) is 122 Å². The Morgan fingerprint density at radius 3 is 2.23 bits per heavy atom. The Bertz CT molecular complexity index is 2180. The molecule has 222 valence electrons. The molecule has 2 heterocycles. The second kappa shape index (κ2) is 13.2.